The van der Waals surface area contributed by atoms with Crippen LogP contribution in [0.2, 0.25) is 0 Å². The molecule has 2 heterocycles. The first-order valence-corrected chi connectivity index (χ1v) is 7.03. The molecule has 0 saturated heterocycles. The molecule has 4 nitrogen and oxygen atoms in total. The molecule has 20 heavy (non-hydrogen) atoms. The zero-order valence-corrected chi connectivity index (χ0v) is 12.6. The normalized spacial score (nSPS) is 11.1. The van der Waals surface area contributed by atoms with Crippen molar-refractivity contribution in [3.8, 4) is 11.4 Å². The molecule has 0 unspecified atom stereocenters. The summed E-state index contributed by atoms with van der Waals surface area (Å²) in [7, 11) is 0. The van der Waals surface area contributed by atoms with Gasteiger partial charge in [-0.1, -0.05) is 13.8 Å². The fraction of sp³-hybridized carbons (Fsp3) is 0.438. The van der Waals surface area contributed by atoms with Gasteiger partial charge in [0, 0.05) is 41.5 Å². The Morgan fingerprint density at radius 3 is 2.40 bits per heavy atom. The summed E-state index contributed by atoms with van der Waals surface area (Å²) in [6, 6.07) is 3.89. The first-order chi connectivity index (χ1) is 9.58. The molecule has 2 rings (SSSR count). The number of pyridine rings is 1. The molecule has 0 atom stereocenters. The zero-order valence-electron chi connectivity index (χ0n) is 12.6. The molecule has 2 aromatic heterocycles. The maximum absolute atomic E-state index is 4.61. The molecule has 0 aliphatic rings. The topological polar surface area (TPSA) is 50.7 Å². The first kappa shape index (κ1) is 14.6. The second-order valence-corrected chi connectivity index (χ2v) is 5.46. The van der Waals surface area contributed by atoms with Crippen LogP contribution in [0.3, 0.4) is 0 Å². The molecule has 0 aromatic carbocycles. The Kier molecular flexibility index (Phi) is 4.79. The van der Waals surface area contributed by atoms with Crippen LogP contribution in [0.4, 0.5) is 0 Å². The molecule has 0 radical (unpaired) electrons. The Morgan fingerprint density at radius 1 is 1.15 bits per heavy atom. The predicted molar refractivity (Wildman–Crippen MR) is 81.3 cm³/mol. The lowest BCUT2D eigenvalue weighted by molar-refractivity contribution is 0.549. The quantitative estimate of drug-likeness (QED) is 0.907. The summed E-state index contributed by atoms with van der Waals surface area (Å²) in [6.07, 6.45) is 3.55. The summed E-state index contributed by atoms with van der Waals surface area (Å²) in [5.41, 5.74) is 4.22. The van der Waals surface area contributed by atoms with Crippen LogP contribution in [0.5, 0.6) is 0 Å². The fourth-order valence-electron chi connectivity index (χ4n) is 2.11. The number of nitrogens with one attached hydrogen (secondary N) is 1. The van der Waals surface area contributed by atoms with Gasteiger partial charge in [-0.05, 0) is 38.4 Å². The maximum atomic E-state index is 4.61. The highest BCUT2D eigenvalue weighted by Gasteiger charge is 2.10. The van der Waals surface area contributed by atoms with Gasteiger partial charge in [0.1, 0.15) is 0 Å². The summed E-state index contributed by atoms with van der Waals surface area (Å²) in [5, 5.41) is 3.45. The van der Waals surface area contributed by atoms with Crippen molar-refractivity contribution in [2.24, 2.45) is 5.92 Å². The molecule has 1 N–H and O–H groups in total. The minimum absolute atomic E-state index is 0.645. The van der Waals surface area contributed by atoms with E-state index in [-0.39, 0.29) is 0 Å². The largest absolute Gasteiger partial charge is 0.312 e. The smallest absolute Gasteiger partial charge is 0.161 e. The van der Waals surface area contributed by atoms with E-state index >= 15 is 0 Å². The van der Waals surface area contributed by atoms with E-state index < -0.39 is 0 Å². The summed E-state index contributed by atoms with van der Waals surface area (Å²) in [4.78, 5) is 13.3. The molecular formula is C16H22N4. The summed E-state index contributed by atoms with van der Waals surface area (Å²) < 4.78 is 0. The van der Waals surface area contributed by atoms with Crippen LogP contribution in [0, 0.1) is 19.8 Å². The molecular weight excluding hydrogens is 248 g/mol. The Balaban J connectivity index is 2.21. The lowest BCUT2D eigenvalue weighted by Crippen LogP contribution is -2.21. The molecule has 0 amide bonds. The average Bonchev–Trinajstić information content (AvgIpc) is 2.42. The van der Waals surface area contributed by atoms with Gasteiger partial charge in [-0.3, -0.25) is 4.98 Å². The second kappa shape index (κ2) is 6.57. The van der Waals surface area contributed by atoms with Crippen molar-refractivity contribution >= 4 is 0 Å². The van der Waals surface area contributed by atoms with E-state index in [1.807, 2.05) is 26.0 Å². The van der Waals surface area contributed by atoms with Gasteiger partial charge in [0.2, 0.25) is 0 Å². The van der Waals surface area contributed by atoms with Crippen LogP contribution in [0.25, 0.3) is 11.4 Å². The SMILES string of the molecule is Cc1nc(-c2cccnc2)nc(C)c1CNCC(C)C. The van der Waals surface area contributed by atoms with Crippen LogP contribution in [-0.4, -0.2) is 21.5 Å². The number of rotatable bonds is 5. The Hall–Kier alpha value is -1.81. The van der Waals surface area contributed by atoms with Gasteiger partial charge in [-0.2, -0.15) is 0 Å². The van der Waals surface area contributed by atoms with Gasteiger partial charge < -0.3 is 5.32 Å². The third-order valence-corrected chi connectivity index (χ3v) is 3.19. The lowest BCUT2D eigenvalue weighted by atomic mass is 10.1. The van der Waals surface area contributed by atoms with Crippen molar-refractivity contribution in [2.75, 3.05) is 6.54 Å². The van der Waals surface area contributed by atoms with Crippen LogP contribution in [0.1, 0.15) is 30.8 Å². The molecule has 0 aliphatic carbocycles. The molecule has 0 fully saturated rings. The lowest BCUT2D eigenvalue weighted by Gasteiger charge is -2.13. The molecule has 0 bridgehead atoms. The van der Waals surface area contributed by atoms with E-state index in [0.29, 0.717) is 5.92 Å². The van der Waals surface area contributed by atoms with E-state index in [2.05, 4.69) is 34.1 Å². The Labute approximate surface area is 120 Å². The van der Waals surface area contributed by atoms with E-state index in [0.717, 1.165) is 35.9 Å². The zero-order chi connectivity index (χ0) is 14.5. The third-order valence-electron chi connectivity index (χ3n) is 3.19. The molecule has 106 valence electrons. The van der Waals surface area contributed by atoms with E-state index in [4.69, 9.17) is 0 Å². The highest BCUT2D eigenvalue weighted by atomic mass is 14.9. The minimum Gasteiger partial charge on any atom is -0.312 e. The van der Waals surface area contributed by atoms with E-state index in [1.165, 1.54) is 5.56 Å². The Bertz CT molecular complexity index is 541. The predicted octanol–water partition coefficient (Wildman–Crippen LogP) is 2.90. The van der Waals surface area contributed by atoms with Crippen LogP contribution >= 0.6 is 0 Å². The van der Waals surface area contributed by atoms with Crippen molar-refractivity contribution in [2.45, 2.75) is 34.2 Å². The van der Waals surface area contributed by atoms with Gasteiger partial charge in [0.25, 0.3) is 0 Å². The van der Waals surface area contributed by atoms with Crippen molar-refractivity contribution in [3.05, 3.63) is 41.5 Å². The van der Waals surface area contributed by atoms with Gasteiger partial charge in [-0.25, -0.2) is 9.97 Å². The number of nitrogens with zero attached hydrogens (tertiary/aromatic N) is 3. The van der Waals surface area contributed by atoms with Crippen molar-refractivity contribution < 1.29 is 0 Å². The fourth-order valence-corrected chi connectivity index (χ4v) is 2.11. The Morgan fingerprint density at radius 2 is 1.85 bits per heavy atom. The van der Waals surface area contributed by atoms with E-state index in [9.17, 15) is 0 Å². The van der Waals surface area contributed by atoms with Gasteiger partial charge in [0.05, 0.1) is 0 Å². The molecule has 0 aliphatic heterocycles. The van der Waals surface area contributed by atoms with Gasteiger partial charge in [-0.15, -0.1) is 0 Å². The first-order valence-electron chi connectivity index (χ1n) is 7.03. The van der Waals surface area contributed by atoms with Crippen molar-refractivity contribution in [3.63, 3.8) is 0 Å². The standard InChI is InChI=1S/C16H22N4/c1-11(2)8-18-10-15-12(3)19-16(20-13(15)4)14-6-5-7-17-9-14/h5-7,9,11,18H,8,10H2,1-4H3. The molecule has 0 spiro atoms. The highest BCUT2D eigenvalue weighted by molar-refractivity contribution is 5.54. The van der Waals surface area contributed by atoms with Crippen LogP contribution in [-0.2, 0) is 6.54 Å². The highest BCUT2D eigenvalue weighted by Crippen LogP contribution is 2.17. The second-order valence-electron chi connectivity index (χ2n) is 5.46. The summed E-state index contributed by atoms with van der Waals surface area (Å²) in [5.74, 6) is 1.40. The molecule has 2 aromatic rings. The molecule has 4 heteroatoms. The van der Waals surface area contributed by atoms with Gasteiger partial charge >= 0.3 is 0 Å². The van der Waals surface area contributed by atoms with Crippen molar-refractivity contribution in [1.29, 1.82) is 0 Å². The monoisotopic (exact) mass is 270 g/mol. The summed E-state index contributed by atoms with van der Waals surface area (Å²) in [6.45, 7) is 10.3. The molecule has 0 saturated carbocycles. The van der Waals surface area contributed by atoms with Crippen LogP contribution in [0.15, 0.2) is 24.5 Å². The minimum atomic E-state index is 0.645. The van der Waals surface area contributed by atoms with Gasteiger partial charge in [0.15, 0.2) is 5.82 Å². The van der Waals surface area contributed by atoms with Crippen molar-refractivity contribution in [1.82, 2.24) is 20.3 Å². The third kappa shape index (κ3) is 3.61. The van der Waals surface area contributed by atoms with E-state index in [1.54, 1.807) is 12.4 Å². The van der Waals surface area contributed by atoms with Crippen LogP contribution < -0.4 is 5.32 Å². The number of aryl methyl sites for hydroxylation is 2. The maximum Gasteiger partial charge on any atom is 0.161 e. The average molecular weight is 270 g/mol. The number of aromatic nitrogens is 3. The number of hydrogen-bond acceptors (Lipinski definition) is 4. The number of hydrogen-bond donors (Lipinski definition) is 1. The summed E-state index contributed by atoms with van der Waals surface area (Å²) >= 11 is 0.